The summed E-state index contributed by atoms with van der Waals surface area (Å²) in [6, 6.07) is 5.08. The second kappa shape index (κ2) is 9.77. The minimum atomic E-state index is -0.213. The van der Waals surface area contributed by atoms with E-state index >= 15 is 0 Å². The van der Waals surface area contributed by atoms with Crippen LogP contribution < -0.4 is 25.4 Å². The fourth-order valence-electron chi connectivity index (χ4n) is 1.88. The van der Waals surface area contributed by atoms with Gasteiger partial charge in [0.2, 0.25) is 0 Å². The number of rotatable bonds is 9. The fraction of sp³-hybridized carbons (Fsp3) is 0.529. The van der Waals surface area contributed by atoms with Gasteiger partial charge in [0, 0.05) is 24.2 Å². The highest BCUT2D eigenvalue weighted by Gasteiger charge is 2.13. The molecule has 0 radical (unpaired) electrons. The van der Waals surface area contributed by atoms with E-state index in [1.807, 2.05) is 27.8 Å². The van der Waals surface area contributed by atoms with Crippen molar-refractivity contribution in [2.24, 2.45) is 0 Å². The lowest BCUT2D eigenvalue weighted by Gasteiger charge is -2.14. The summed E-state index contributed by atoms with van der Waals surface area (Å²) >= 11 is 0. The van der Waals surface area contributed by atoms with Crippen molar-refractivity contribution in [1.82, 2.24) is 16.0 Å². The first-order valence-electron chi connectivity index (χ1n) is 7.93. The van der Waals surface area contributed by atoms with Gasteiger partial charge in [0.15, 0.2) is 18.1 Å². The van der Waals surface area contributed by atoms with Crippen LogP contribution in [0.2, 0.25) is 0 Å². The lowest BCUT2D eigenvalue weighted by Crippen LogP contribution is -2.37. The molecular weight excluding hydrogens is 310 g/mol. The van der Waals surface area contributed by atoms with E-state index in [-0.39, 0.29) is 30.5 Å². The zero-order valence-corrected chi connectivity index (χ0v) is 14.9. The molecule has 0 spiro atoms. The molecule has 0 aliphatic heterocycles. The largest absolute Gasteiger partial charge is 0.493 e. The van der Waals surface area contributed by atoms with Crippen molar-refractivity contribution in [2.45, 2.75) is 32.9 Å². The molecule has 1 rings (SSSR count). The van der Waals surface area contributed by atoms with Crippen LogP contribution in [0.3, 0.4) is 0 Å². The Morgan fingerprint density at radius 1 is 1.17 bits per heavy atom. The Morgan fingerprint density at radius 2 is 1.88 bits per heavy atom. The van der Waals surface area contributed by atoms with Crippen molar-refractivity contribution >= 4 is 11.8 Å². The summed E-state index contributed by atoms with van der Waals surface area (Å²) in [5.74, 6) is 0.410. The van der Waals surface area contributed by atoms with Crippen molar-refractivity contribution in [1.29, 1.82) is 0 Å². The summed E-state index contributed by atoms with van der Waals surface area (Å²) in [5, 5.41) is 8.62. The topological polar surface area (TPSA) is 88.7 Å². The van der Waals surface area contributed by atoms with Gasteiger partial charge >= 0.3 is 0 Å². The molecule has 134 valence electrons. The summed E-state index contributed by atoms with van der Waals surface area (Å²) in [6.45, 7) is 6.13. The molecule has 0 aliphatic rings. The Labute approximate surface area is 143 Å². The monoisotopic (exact) mass is 337 g/mol. The number of methoxy groups -OCH3 is 1. The molecule has 0 aromatic heterocycles. The minimum Gasteiger partial charge on any atom is -0.493 e. The zero-order valence-electron chi connectivity index (χ0n) is 14.9. The van der Waals surface area contributed by atoms with E-state index < -0.39 is 0 Å². The van der Waals surface area contributed by atoms with Gasteiger partial charge in [-0.1, -0.05) is 0 Å². The second-order valence-corrected chi connectivity index (χ2v) is 5.78. The number of ether oxygens (including phenoxy) is 2. The maximum atomic E-state index is 12.1. The first-order valence-corrected chi connectivity index (χ1v) is 7.93. The summed E-state index contributed by atoms with van der Waals surface area (Å²) in [6.07, 6.45) is 0. The fourth-order valence-corrected chi connectivity index (χ4v) is 1.88. The Bertz CT molecular complexity index is 561. The molecule has 0 fully saturated rings. The third-order valence-electron chi connectivity index (χ3n) is 3.30. The summed E-state index contributed by atoms with van der Waals surface area (Å²) < 4.78 is 10.7. The first-order chi connectivity index (χ1) is 11.4. The van der Waals surface area contributed by atoms with E-state index in [9.17, 15) is 9.59 Å². The van der Waals surface area contributed by atoms with Gasteiger partial charge < -0.3 is 25.4 Å². The Morgan fingerprint density at radius 3 is 2.46 bits per heavy atom. The number of amides is 2. The van der Waals surface area contributed by atoms with Crippen LogP contribution in [-0.2, 0) is 4.79 Å². The second-order valence-electron chi connectivity index (χ2n) is 5.78. The van der Waals surface area contributed by atoms with Crippen LogP contribution in [-0.4, -0.2) is 51.2 Å². The van der Waals surface area contributed by atoms with Gasteiger partial charge in [0.05, 0.1) is 7.11 Å². The van der Waals surface area contributed by atoms with Crippen molar-refractivity contribution < 1.29 is 19.1 Å². The highest BCUT2D eigenvalue weighted by molar-refractivity contribution is 5.94. The van der Waals surface area contributed by atoms with Gasteiger partial charge in [-0.05, 0) is 46.0 Å². The molecule has 24 heavy (non-hydrogen) atoms. The molecule has 0 bridgehead atoms. The van der Waals surface area contributed by atoms with Crippen molar-refractivity contribution in [3.8, 4) is 11.5 Å². The first kappa shape index (κ1) is 19.8. The lowest BCUT2D eigenvalue weighted by molar-refractivity contribution is -0.123. The quantitative estimate of drug-likeness (QED) is 0.624. The van der Waals surface area contributed by atoms with Gasteiger partial charge in [0.25, 0.3) is 11.8 Å². The highest BCUT2D eigenvalue weighted by atomic mass is 16.5. The van der Waals surface area contributed by atoms with E-state index in [2.05, 4.69) is 16.0 Å². The Balaban J connectivity index is 2.70. The maximum absolute atomic E-state index is 12.1. The van der Waals surface area contributed by atoms with Crippen molar-refractivity contribution in [3.63, 3.8) is 0 Å². The van der Waals surface area contributed by atoms with Crippen LogP contribution in [0.1, 0.15) is 31.1 Å². The minimum absolute atomic E-state index is 0.0501. The van der Waals surface area contributed by atoms with E-state index in [0.717, 1.165) is 0 Å². The van der Waals surface area contributed by atoms with Crippen LogP contribution in [0, 0.1) is 0 Å². The van der Waals surface area contributed by atoms with Crippen LogP contribution in [0.25, 0.3) is 0 Å². The molecule has 2 amide bonds. The number of carbonyl (C=O) groups is 2. The van der Waals surface area contributed by atoms with E-state index in [0.29, 0.717) is 23.6 Å². The van der Waals surface area contributed by atoms with E-state index in [1.165, 1.54) is 7.11 Å². The molecule has 1 aromatic rings. The Hall–Kier alpha value is -2.28. The van der Waals surface area contributed by atoms with Gasteiger partial charge in [-0.25, -0.2) is 0 Å². The smallest absolute Gasteiger partial charge is 0.258 e. The van der Waals surface area contributed by atoms with Crippen LogP contribution in [0.5, 0.6) is 11.5 Å². The van der Waals surface area contributed by atoms with Crippen molar-refractivity contribution in [3.05, 3.63) is 23.8 Å². The third kappa shape index (κ3) is 6.45. The average molecular weight is 337 g/mol. The van der Waals surface area contributed by atoms with Crippen LogP contribution >= 0.6 is 0 Å². The maximum Gasteiger partial charge on any atom is 0.258 e. The molecule has 0 saturated carbocycles. The molecule has 0 aliphatic carbocycles. The van der Waals surface area contributed by atoms with Gasteiger partial charge in [0.1, 0.15) is 0 Å². The van der Waals surface area contributed by atoms with Crippen LogP contribution in [0.15, 0.2) is 18.2 Å². The zero-order chi connectivity index (χ0) is 18.1. The van der Waals surface area contributed by atoms with Gasteiger partial charge in [-0.3, -0.25) is 9.59 Å². The average Bonchev–Trinajstić information content (AvgIpc) is 2.56. The van der Waals surface area contributed by atoms with E-state index in [1.54, 1.807) is 18.2 Å². The number of hydrogen-bond donors (Lipinski definition) is 3. The predicted molar refractivity (Wildman–Crippen MR) is 92.6 cm³/mol. The number of likely N-dealkylation sites (N-methyl/N-ethyl adjacent to an activating group) is 1. The molecule has 1 unspecified atom stereocenters. The number of benzene rings is 1. The molecule has 0 heterocycles. The standard InChI is InChI=1S/C17H27N3O4/c1-11(2)20-16(21)10-24-14-7-6-13(8-15(14)23-5)17(22)19-9-12(3)18-4/h6-8,11-12,18H,9-10H2,1-5H3,(H,19,22)(H,20,21). The number of hydrogen-bond acceptors (Lipinski definition) is 5. The third-order valence-corrected chi connectivity index (χ3v) is 3.30. The molecule has 1 aromatic carbocycles. The molecule has 0 saturated heterocycles. The summed E-state index contributed by atoms with van der Waals surface area (Å²) in [5.41, 5.74) is 0.467. The molecule has 7 nitrogen and oxygen atoms in total. The lowest BCUT2D eigenvalue weighted by atomic mass is 10.2. The SMILES string of the molecule is CNC(C)CNC(=O)c1ccc(OCC(=O)NC(C)C)c(OC)c1. The molecular formula is C17H27N3O4. The van der Waals surface area contributed by atoms with Crippen LogP contribution in [0.4, 0.5) is 0 Å². The Kier molecular flexibility index (Phi) is 8.05. The predicted octanol–water partition coefficient (Wildman–Crippen LogP) is 0.936. The van der Waals surface area contributed by atoms with E-state index in [4.69, 9.17) is 9.47 Å². The summed E-state index contributed by atoms with van der Waals surface area (Å²) in [7, 11) is 3.32. The molecule has 1 atom stereocenters. The van der Waals surface area contributed by atoms with Gasteiger partial charge in [-0.2, -0.15) is 0 Å². The van der Waals surface area contributed by atoms with Gasteiger partial charge in [-0.15, -0.1) is 0 Å². The molecule has 7 heteroatoms. The highest BCUT2D eigenvalue weighted by Crippen LogP contribution is 2.28. The number of carbonyl (C=O) groups excluding carboxylic acids is 2. The normalized spacial score (nSPS) is 11.8. The van der Waals surface area contributed by atoms with Crippen molar-refractivity contribution in [2.75, 3.05) is 27.3 Å². The summed E-state index contributed by atoms with van der Waals surface area (Å²) in [4.78, 5) is 23.8. The number of nitrogens with one attached hydrogen (secondary N) is 3. The molecule has 3 N–H and O–H groups in total.